The quantitative estimate of drug-likeness (QED) is 0.858. The number of rotatable bonds is 6. The highest BCUT2D eigenvalue weighted by Gasteiger charge is 2.10. The Balaban J connectivity index is 2.53. The highest BCUT2D eigenvalue weighted by molar-refractivity contribution is 5.77. The summed E-state index contributed by atoms with van der Waals surface area (Å²) in [6.07, 6.45) is 1.68. The zero-order valence-corrected chi connectivity index (χ0v) is 11.1. The number of amides is 1. The van der Waals surface area contributed by atoms with Crippen LogP contribution in [0.4, 0.5) is 4.39 Å². The van der Waals surface area contributed by atoms with Gasteiger partial charge < -0.3 is 10.1 Å². The van der Waals surface area contributed by atoms with Crippen molar-refractivity contribution in [1.29, 1.82) is 5.26 Å². The first kappa shape index (κ1) is 15.0. The molecule has 1 aromatic rings. The minimum Gasteiger partial charge on any atom is -0.481 e. The summed E-state index contributed by atoms with van der Waals surface area (Å²) in [5.41, 5.74) is 0.214. The van der Waals surface area contributed by atoms with E-state index < -0.39 is 5.82 Å². The van der Waals surface area contributed by atoms with Crippen LogP contribution in [0.5, 0.6) is 5.75 Å². The molecule has 0 radical (unpaired) electrons. The summed E-state index contributed by atoms with van der Waals surface area (Å²) < 4.78 is 18.6. The number of benzene rings is 1. The first-order valence-corrected chi connectivity index (χ1v) is 6.22. The SMILES string of the molecule is CCC(CC)NC(=O)COc1ccc(C#N)cc1F. The third kappa shape index (κ3) is 4.59. The van der Waals surface area contributed by atoms with E-state index in [1.54, 1.807) is 0 Å². The number of nitrogens with one attached hydrogen (secondary N) is 1. The van der Waals surface area contributed by atoms with Gasteiger partial charge in [-0.25, -0.2) is 4.39 Å². The van der Waals surface area contributed by atoms with Gasteiger partial charge in [-0.3, -0.25) is 4.79 Å². The van der Waals surface area contributed by atoms with E-state index in [1.807, 2.05) is 19.9 Å². The van der Waals surface area contributed by atoms with Crippen molar-refractivity contribution in [1.82, 2.24) is 5.32 Å². The van der Waals surface area contributed by atoms with E-state index >= 15 is 0 Å². The van der Waals surface area contributed by atoms with Gasteiger partial charge in [0.25, 0.3) is 5.91 Å². The lowest BCUT2D eigenvalue weighted by Crippen LogP contribution is -2.37. The predicted molar refractivity (Wildman–Crippen MR) is 69.1 cm³/mol. The Hall–Kier alpha value is -2.09. The molecule has 0 saturated heterocycles. The standard InChI is InChI=1S/C14H17FN2O2/c1-3-11(4-2)17-14(18)9-19-13-6-5-10(8-16)7-12(13)15/h5-7,11H,3-4,9H2,1-2H3,(H,17,18). The summed E-state index contributed by atoms with van der Waals surface area (Å²) in [6.45, 7) is 3.73. The van der Waals surface area contributed by atoms with E-state index in [2.05, 4.69) is 5.32 Å². The lowest BCUT2D eigenvalue weighted by Gasteiger charge is -2.15. The van der Waals surface area contributed by atoms with Crippen molar-refractivity contribution in [2.75, 3.05) is 6.61 Å². The molecular formula is C14H17FN2O2. The molecule has 19 heavy (non-hydrogen) atoms. The molecule has 0 aliphatic carbocycles. The number of carbonyl (C=O) groups is 1. The van der Waals surface area contributed by atoms with Gasteiger partial charge in [-0.05, 0) is 31.0 Å². The van der Waals surface area contributed by atoms with E-state index in [-0.39, 0.29) is 29.9 Å². The number of halogens is 1. The summed E-state index contributed by atoms with van der Waals surface area (Å²) in [5, 5.41) is 11.4. The maximum atomic E-state index is 13.5. The van der Waals surface area contributed by atoms with Crippen LogP contribution < -0.4 is 10.1 Å². The number of carbonyl (C=O) groups excluding carboxylic acids is 1. The van der Waals surface area contributed by atoms with Crippen LogP contribution in [-0.4, -0.2) is 18.6 Å². The fraction of sp³-hybridized carbons (Fsp3) is 0.429. The van der Waals surface area contributed by atoms with Crippen LogP contribution in [0.25, 0.3) is 0 Å². The molecule has 0 fully saturated rings. The third-order valence-corrected chi connectivity index (χ3v) is 2.77. The summed E-state index contributed by atoms with van der Waals surface area (Å²) in [5.74, 6) is -0.953. The molecule has 0 unspecified atom stereocenters. The van der Waals surface area contributed by atoms with Gasteiger partial charge in [-0.1, -0.05) is 13.8 Å². The fourth-order valence-electron chi connectivity index (χ4n) is 1.59. The number of hydrogen-bond donors (Lipinski definition) is 1. The van der Waals surface area contributed by atoms with Crippen LogP contribution >= 0.6 is 0 Å². The molecule has 0 aliphatic rings. The maximum absolute atomic E-state index is 13.5. The Kier molecular flexibility index (Phi) is 5.80. The normalized spacial score (nSPS) is 10.1. The van der Waals surface area contributed by atoms with Gasteiger partial charge in [0.15, 0.2) is 18.2 Å². The van der Waals surface area contributed by atoms with Crippen molar-refractivity contribution in [2.45, 2.75) is 32.7 Å². The van der Waals surface area contributed by atoms with E-state index in [0.29, 0.717) is 0 Å². The highest BCUT2D eigenvalue weighted by atomic mass is 19.1. The first-order valence-electron chi connectivity index (χ1n) is 6.22. The molecule has 0 heterocycles. The molecule has 102 valence electrons. The summed E-state index contributed by atoms with van der Waals surface area (Å²) in [7, 11) is 0. The van der Waals surface area contributed by atoms with Crippen molar-refractivity contribution >= 4 is 5.91 Å². The zero-order valence-electron chi connectivity index (χ0n) is 11.1. The van der Waals surface area contributed by atoms with Crippen LogP contribution in [0.2, 0.25) is 0 Å². The molecule has 0 spiro atoms. The Labute approximate surface area is 112 Å². The highest BCUT2D eigenvalue weighted by Crippen LogP contribution is 2.17. The third-order valence-electron chi connectivity index (χ3n) is 2.77. The van der Waals surface area contributed by atoms with Gasteiger partial charge in [-0.2, -0.15) is 5.26 Å². The zero-order chi connectivity index (χ0) is 14.3. The van der Waals surface area contributed by atoms with Crippen LogP contribution in [0.15, 0.2) is 18.2 Å². The second kappa shape index (κ2) is 7.37. The molecular weight excluding hydrogens is 247 g/mol. The molecule has 1 rings (SSSR count). The minimum atomic E-state index is -0.644. The summed E-state index contributed by atoms with van der Waals surface area (Å²) in [4.78, 5) is 11.6. The van der Waals surface area contributed by atoms with Crippen LogP contribution in [0, 0.1) is 17.1 Å². The molecule has 1 amide bonds. The monoisotopic (exact) mass is 264 g/mol. The number of ether oxygens (including phenoxy) is 1. The Morgan fingerprint density at radius 2 is 2.16 bits per heavy atom. The minimum absolute atomic E-state index is 0.0290. The molecule has 0 aliphatic heterocycles. The van der Waals surface area contributed by atoms with Crippen molar-refractivity contribution in [2.24, 2.45) is 0 Å². The molecule has 0 atom stereocenters. The number of nitrogens with zero attached hydrogens (tertiary/aromatic N) is 1. The largest absolute Gasteiger partial charge is 0.481 e. The van der Waals surface area contributed by atoms with Crippen LogP contribution in [0.1, 0.15) is 32.3 Å². The average Bonchev–Trinajstić information content (AvgIpc) is 2.43. The molecule has 0 bridgehead atoms. The second-order valence-corrected chi connectivity index (χ2v) is 4.13. The molecule has 0 aromatic heterocycles. The van der Waals surface area contributed by atoms with Gasteiger partial charge >= 0.3 is 0 Å². The van der Waals surface area contributed by atoms with Crippen molar-refractivity contribution in [3.8, 4) is 11.8 Å². The second-order valence-electron chi connectivity index (χ2n) is 4.13. The van der Waals surface area contributed by atoms with Crippen LogP contribution in [0.3, 0.4) is 0 Å². The van der Waals surface area contributed by atoms with Crippen molar-refractivity contribution < 1.29 is 13.9 Å². The van der Waals surface area contributed by atoms with E-state index in [1.165, 1.54) is 12.1 Å². The fourth-order valence-corrected chi connectivity index (χ4v) is 1.59. The molecule has 0 saturated carbocycles. The first-order chi connectivity index (χ1) is 9.10. The maximum Gasteiger partial charge on any atom is 0.258 e. The summed E-state index contributed by atoms with van der Waals surface area (Å²) in [6, 6.07) is 5.80. The van der Waals surface area contributed by atoms with Crippen molar-refractivity contribution in [3.63, 3.8) is 0 Å². The topological polar surface area (TPSA) is 62.1 Å². The predicted octanol–water partition coefficient (Wildman–Crippen LogP) is 2.38. The number of hydrogen-bond acceptors (Lipinski definition) is 3. The van der Waals surface area contributed by atoms with Crippen molar-refractivity contribution in [3.05, 3.63) is 29.6 Å². The average molecular weight is 264 g/mol. The smallest absolute Gasteiger partial charge is 0.258 e. The van der Waals surface area contributed by atoms with Gasteiger partial charge in [0.1, 0.15) is 0 Å². The number of nitriles is 1. The Morgan fingerprint density at radius 1 is 1.47 bits per heavy atom. The van der Waals surface area contributed by atoms with E-state index in [0.717, 1.165) is 18.9 Å². The van der Waals surface area contributed by atoms with Gasteiger partial charge in [0, 0.05) is 6.04 Å². The lowest BCUT2D eigenvalue weighted by molar-refractivity contribution is -0.123. The van der Waals surface area contributed by atoms with E-state index in [9.17, 15) is 9.18 Å². The molecule has 4 nitrogen and oxygen atoms in total. The van der Waals surface area contributed by atoms with Crippen LogP contribution in [-0.2, 0) is 4.79 Å². The molecule has 1 N–H and O–H groups in total. The van der Waals surface area contributed by atoms with Gasteiger partial charge in [0.2, 0.25) is 0 Å². The Morgan fingerprint density at radius 3 is 2.68 bits per heavy atom. The van der Waals surface area contributed by atoms with Gasteiger partial charge in [0.05, 0.1) is 11.6 Å². The summed E-state index contributed by atoms with van der Waals surface area (Å²) >= 11 is 0. The molecule has 1 aromatic carbocycles. The Bertz CT molecular complexity index is 479. The van der Waals surface area contributed by atoms with E-state index in [4.69, 9.17) is 10.00 Å². The molecule has 5 heteroatoms. The lowest BCUT2D eigenvalue weighted by atomic mass is 10.2. The van der Waals surface area contributed by atoms with Gasteiger partial charge in [-0.15, -0.1) is 0 Å².